The highest BCUT2D eigenvalue weighted by Gasteiger charge is 2.30. The molecule has 0 spiro atoms. The van der Waals surface area contributed by atoms with Crippen LogP contribution in [-0.4, -0.2) is 10.8 Å². The Kier molecular flexibility index (Phi) is 2.69. The number of hydrogen-bond acceptors (Lipinski definition) is 1. The Morgan fingerprint density at radius 1 is 1.29 bits per heavy atom. The minimum absolute atomic E-state index is 0.0346. The Morgan fingerprint density at radius 2 is 2.00 bits per heavy atom. The summed E-state index contributed by atoms with van der Waals surface area (Å²) in [6.45, 7) is 1.44. The van der Waals surface area contributed by atoms with Crippen LogP contribution in [0.3, 0.4) is 0 Å². The van der Waals surface area contributed by atoms with E-state index in [0.717, 1.165) is 12.1 Å². The quantitative estimate of drug-likeness (QED) is 0.859. The number of benzene rings is 1. The second-order valence-corrected chi connectivity index (χ2v) is 3.97. The van der Waals surface area contributed by atoms with Gasteiger partial charge in [-0.15, -0.1) is 0 Å². The van der Waals surface area contributed by atoms with Crippen LogP contribution in [0.15, 0.2) is 24.3 Å². The number of aromatic amines is 1. The van der Waals surface area contributed by atoms with Crippen LogP contribution in [0.5, 0.6) is 0 Å². The van der Waals surface area contributed by atoms with Gasteiger partial charge in [-0.1, -0.05) is 6.07 Å². The average molecular weight is 241 g/mol. The zero-order valence-corrected chi connectivity index (χ0v) is 9.06. The zero-order chi connectivity index (χ0) is 12.6. The molecule has 1 N–H and O–H groups in total. The normalized spacial score (nSPS) is 12.0. The summed E-state index contributed by atoms with van der Waals surface area (Å²) < 4.78 is 37.4. The van der Waals surface area contributed by atoms with Crippen molar-refractivity contribution in [3.8, 4) is 0 Å². The van der Waals surface area contributed by atoms with E-state index < -0.39 is 11.7 Å². The Hall–Kier alpha value is -1.78. The maximum Gasteiger partial charge on any atom is 0.416 e. The van der Waals surface area contributed by atoms with Crippen molar-refractivity contribution in [1.29, 1.82) is 0 Å². The molecule has 5 heteroatoms. The lowest BCUT2D eigenvalue weighted by Gasteiger charge is -2.05. The van der Waals surface area contributed by atoms with E-state index in [1.165, 1.54) is 13.0 Å². The van der Waals surface area contributed by atoms with Crippen LogP contribution in [-0.2, 0) is 17.4 Å². The Bertz CT molecular complexity index is 569. The number of Topliss-reactive ketones (excluding diaryl/α,β-unsaturated/α-hetero) is 1. The third-order valence-corrected chi connectivity index (χ3v) is 2.44. The predicted octanol–water partition coefficient (Wildman–Crippen LogP) is 3.32. The van der Waals surface area contributed by atoms with Gasteiger partial charge in [0.15, 0.2) is 0 Å². The topological polar surface area (TPSA) is 32.9 Å². The first-order valence-corrected chi connectivity index (χ1v) is 5.04. The first kappa shape index (κ1) is 11.7. The van der Waals surface area contributed by atoms with E-state index >= 15 is 0 Å². The number of fused-ring (bicyclic) bond motifs is 1. The summed E-state index contributed by atoms with van der Waals surface area (Å²) in [5.41, 5.74) is 0.337. The summed E-state index contributed by atoms with van der Waals surface area (Å²) in [6, 6.07) is 5.18. The van der Waals surface area contributed by atoms with Crippen LogP contribution in [0.1, 0.15) is 18.2 Å². The van der Waals surface area contributed by atoms with E-state index in [4.69, 9.17) is 0 Å². The van der Waals surface area contributed by atoms with Crippen LogP contribution in [0.2, 0.25) is 0 Å². The van der Waals surface area contributed by atoms with Gasteiger partial charge < -0.3 is 4.98 Å². The van der Waals surface area contributed by atoms with Gasteiger partial charge in [-0.3, -0.25) is 4.79 Å². The van der Waals surface area contributed by atoms with E-state index in [0.29, 0.717) is 16.6 Å². The minimum atomic E-state index is -4.35. The van der Waals surface area contributed by atoms with Gasteiger partial charge in [0.25, 0.3) is 0 Å². The van der Waals surface area contributed by atoms with Gasteiger partial charge in [-0.25, -0.2) is 0 Å². The van der Waals surface area contributed by atoms with Gasteiger partial charge in [-0.05, 0) is 30.5 Å². The smallest absolute Gasteiger partial charge is 0.358 e. The molecule has 0 radical (unpaired) electrons. The number of H-pyrrole nitrogens is 1. The highest BCUT2D eigenvalue weighted by atomic mass is 19.4. The molecule has 0 saturated heterocycles. The van der Waals surface area contributed by atoms with Crippen molar-refractivity contribution in [2.24, 2.45) is 0 Å². The number of ketones is 1. The van der Waals surface area contributed by atoms with Gasteiger partial charge in [0.1, 0.15) is 5.78 Å². The molecule has 0 fully saturated rings. The van der Waals surface area contributed by atoms with E-state index in [1.54, 1.807) is 6.07 Å². The van der Waals surface area contributed by atoms with Crippen molar-refractivity contribution in [1.82, 2.24) is 4.98 Å². The molecule has 2 rings (SSSR count). The Morgan fingerprint density at radius 3 is 2.59 bits per heavy atom. The molecule has 1 aromatic carbocycles. The molecular weight excluding hydrogens is 231 g/mol. The van der Waals surface area contributed by atoms with Crippen molar-refractivity contribution in [2.45, 2.75) is 19.5 Å². The summed E-state index contributed by atoms with van der Waals surface area (Å²) >= 11 is 0. The second kappa shape index (κ2) is 3.91. The largest absolute Gasteiger partial charge is 0.416 e. The van der Waals surface area contributed by atoms with E-state index in [1.807, 2.05) is 0 Å². The highest BCUT2D eigenvalue weighted by Crippen LogP contribution is 2.31. The number of alkyl halides is 3. The molecule has 17 heavy (non-hydrogen) atoms. The molecule has 0 aliphatic heterocycles. The molecule has 0 aliphatic carbocycles. The molecule has 1 heterocycles. The monoisotopic (exact) mass is 241 g/mol. The fourth-order valence-electron chi connectivity index (χ4n) is 1.73. The third kappa shape index (κ3) is 2.49. The molecule has 0 atom stereocenters. The Labute approximate surface area is 95.4 Å². The molecular formula is C12H10F3NO. The maximum atomic E-state index is 12.5. The molecule has 2 aromatic rings. The van der Waals surface area contributed by atoms with E-state index in [-0.39, 0.29) is 12.2 Å². The third-order valence-electron chi connectivity index (χ3n) is 2.44. The zero-order valence-electron chi connectivity index (χ0n) is 9.06. The van der Waals surface area contributed by atoms with Crippen LogP contribution >= 0.6 is 0 Å². The molecule has 0 unspecified atom stereocenters. The second-order valence-electron chi connectivity index (χ2n) is 3.97. The molecule has 2 nitrogen and oxygen atoms in total. The van der Waals surface area contributed by atoms with Crippen molar-refractivity contribution in [3.05, 3.63) is 35.5 Å². The van der Waals surface area contributed by atoms with Gasteiger partial charge in [0.2, 0.25) is 0 Å². The van der Waals surface area contributed by atoms with Crippen molar-refractivity contribution < 1.29 is 18.0 Å². The predicted molar refractivity (Wildman–Crippen MR) is 57.7 cm³/mol. The van der Waals surface area contributed by atoms with Crippen molar-refractivity contribution >= 4 is 16.7 Å². The molecule has 0 aliphatic rings. The molecule has 0 bridgehead atoms. The number of halogens is 3. The average Bonchev–Trinajstić information content (AvgIpc) is 2.55. The van der Waals surface area contributed by atoms with Crippen LogP contribution < -0.4 is 0 Å². The Balaban J connectivity index is 2.44. The summed E-state index contributed by atoms with van der Waals surface area (Å²) in [6.07, 6.45) is -4.14. The molecule has 1 aromatic heterocycles. The first-order chi connectivity index (χ1) is 7.86. The summed E-state index contributed by atoms with van der Waals surface area (Å²) in [5.74, 6) is -0.0346. The first-order valence-electron chi connectivity index (χ1n) is 5.04. The van der Waals surface area contributed by atoms with Gasteiger partial charge in [0.05, 0.1) is 5.56 Å². The van der Waals surface area contributed by atoms with Crippen molar-refractivity contribution in [3.63, 3.8) is 0 Å². The molecule has 0 amide bonds. The van der Waals surface area contributed by atoms with Crippen LogP contribution in [0, 0.1) is 0 Å². The lowest BCUT2D eigenvalue weighted by molar-refractivity contribution is -0.137. The van der Waals surface area contributed by atoms with Gasteiger partial charge in [0, 0.05) is 17.6 Å². The van der Waals surface area contributed by atoms with Gasteiger partial charge >= 0.3 is 6.18 Å². The number of nitrogens with one attached hydrogen (secondary N) is 1. The number of rotatable bonds is 2. The maximum absolute atomic E-state index is 12.5. The van der Waals surface area contributed by atoms with Crippen molar-refractivity contribution in [2.75, 3.05) is 0 Å². The SMILES string of the molecule is CC(=O)Cc1cc2ccc(C(F)(F)F)cc2[nH]1. The number of hydrogen-bond donors (Lipinski definition) is 1. The summed E-state index contributed by atoms with van der Waals surface area (Å²) in [4.78, 5) is 13.7. The highest BCUT2D eigenvalue weighted by molar-refractivity contribution is 5.84. The number of aromatic nitrogens is 1. The lowest BCUT2D eigenvalue weighted by atomic mass is 10.1. The number of carbonyl (C=O) groups is 1. The summed E-state index contributed by atoms with van der Waals surface area (Å²) in [5, 5.41) is 0.675. The fraction of sp³-hybridized carbons (Fsp3) is 0.250. The minimum Gasteiger partial charge on any atom is -0.358 e. The lowest BCUT2D eigenvalue weighted by Crippen LogP contribution is -2.04. The molecule has 90 valence electrons. The standard InChI is InChI=1S/C12H10F3NO/c1-7(17)4-10-5-8-2-3-9(12(13,14)15)6-11(8)16-10/h2-3,5-6,16H,4H2,1H3. The fourth-order valence-corrected chi connectivity index (χ4v) is 1.73. The van der Waals surface area contributed by atoms with E-state index in [2.05, 4.69) is 4.98 Å². The van der Waals surface area contributed by atoms with Crippen LogP contribution in [0.25, 0.3) is 10.9 Å². The van der Waals surface area contributed by atoms with Gasteiger partial charge in [-0.2, -0.15) is 13.2 Å². The molecule has 0 saturated carbocycles. The van der Waals surface area contributed by atoms with E-state index in [9.17, 15) is 18.0 Å². The number of carbonyl (C=O) groups excluding carboxylic acids is 1. The van der Waals surface area contributed by atoms with Crippen LogP contribution in [0.4, 0.5) is 13.2 Å². The summed E-state index contributed by atoms with van der Waals surface area (Å²) in [7, 11) is 0.